The van der Waals surface area contributed by atoms with Crippen molar-refractivity contribution in [2.45, 2.75) is 13.8 Å². The van der Waals surface area contributed by atoms with Crippen LogP contribution in [0.4, 0.5) is 0 Å². The van der Waals surface area contributed by atoms with Gasteiger partial charge < -0.3 is 0 Å². The summed E-state index contributed by atoms with van der Waals surface area (Å²) in [6, 6.07) is 5.88. The Labute approximate surface area is 61.9 Å². The fraction of sp³-hybridized carbons (Fsp3) is 0.200. The zero-order chi connectivity index (χ0) is 7.56. The molecule has 0 N–H and O–H groups in total. The van der Waals surface area contributed by atoms with Gasteiger partial charge in [0.1, 0.15) is 0 Å². The van der Waals surface area contributed by atoms with Gasteiger partial charge in [-0.05, 0) is 37.5 Å². The van der Waals surface area contributed by atoms with Crippen molar-refractivity contribution in [1.82, 2.24) is 0 Å². The van der Waals surface area contributed by atoms with Crippen molar-refractivity contribution in [3.8, 4) is 5.92 Å². The average molecular weight is 129 g/mol. The normalized spacial score (nSPS) is 8.90. The van der Waals surface area contributed by atoms with Crippen LogP contribution in [-0.2, 0) is 0 Å². The van der Waals surface area contributed by atoms with Crippen LogP contribution in [0, 0.1) is 26.2 Å². The standard InChI is InChI=1S/C10H9/c1-4-10-7-5-6-8(2)9(10)3/h5-7H,2-3H3. The molecule has 0 fully saturated rings. The molecule has 0 spiro atoms. The van der Waals surface area contributed by atoms with Crippen molar-refractivity contribution >= 4 is 0 Å². The van der Waals surface area contributed by atoms with E-state index >= 15 is 0 Å². The smallest absolute Gasteiger partial charge is 0.0287 e. The Bertz CT molecular complexity index is 277. The van der Waals surface area contributed by atoms with Crippen LogP contribution in [0.15, 0.2) is 18.2 Å². The maximum absolute atomic E-state index is 6.93. The summed E-state index contributed by atoms with van der Waals surface area (Å²) in [4.78, 5) is 0. The van der Waals surface area contributed by atoms with Gasteiger partial charge in [-0.15, -0.1) is 0 Å². The molecule has 0 amide bonds. The van der Waals surface area contributed by atoms with E-state index < -0.39 is 0 Å². The zero-order valence-electron chi connectivity index (χ0n) is 6.23. The molecule has 0 heterocycles. The van der Waals surface area contributed by atoms with Crippen LogP contribution in [0.2, 0.25) is 0 Å². The Kier molecular flexibility index (Phi) is 1.78. The summed E-state index contributed by atoms with van der Waals surface area (Å²) in [7, 11) is 0. The molecule has 0 aromatic heterocycles. The van der Waals surface area contributed by atoms with E-state index in [0.29, 0.717) is 0 Å². The van der Waals surface area contributed by atoms with Gasteiger partial charge >= 0.3 is 0 Å². The van der Waals surface area contributed by atoms with Crippen molar-refractivity contribution in [3.63, 3.8) is 0 Å². The molecule has 0 aliphatic heterocycles. The molecule has 0 nitrogen and oxygen atoms in total. The molecule has 0 unspecified atom stereocenters. The minimum Gasteiger partial charge on any atom is -0.0607 e. The Morgan fingerprint density at radius 3 is 2.50 bits per heavy atom. The summed E-state index contributed by atoms with van der Waals surface area (Å²) < 4.78 is 0. The van der Waals surface area contributed by atoms with Gasteiger partial charge in [-0.25, -0.2) is 0 Å². The minimum absolute atomic E-state index is 0.889. The second-order valence-electron chi connectivity index (χ2n) is 2.37. The highest BCUT2D eigenvalue weighted by Gasteiger charge is 1.94. The first kappa shape index (κ1) is 6.89. The Morgan fingerprint density at radius 2 is 2.00 bits per heavy atom. The maximum Gasteiger partial charge on any atom is 0.0287 e. The Hall–Kier alpha value is -1.22. The highest BCUT2D eigenvalue weighted by molar-refractivity contribution is 5.41. The van der Waals surface area contributed by atoms with Crippen LogP contribution in [0.5, 0.6) is 0 Å². The first-order chi connectivity index (χ1) is 4.75. The lowest BCUT2D eigenvalue weighted by Crippen LogP contribution is -1.84. The van der Waals surface area contributed by atoms with Crippen LogP contribution in [0.25, 0.3) is 0 Å². The molecule has 1 aromatic rings. The van der Waals surface area contributed by atoms with E-state index in [2.05, 4.69) is 5.92 Å². The predicted molar refractivity (Wildman–Crippen MR) is 42.1 cm³/mol. The first-order valence-electron chi connectivity index (χ1n) is 3.24. The summed E-state index contributed by atoms with van der Waals surface area (Å²) in [6.07, 6.45) is 6.93. The molecule has 1 radical (unpaired) electrons. The summed E-state index contributed by atoms with van der Waals surface area (Å²) >= 11 is 0. The summed E-state index contributed by atoms with van der Waals surface area (Å²) in [5.74, 6) is 2.39. The average Bonchev–Trinajstić information content (AvgIpc) is 1.95. The summed E-state index contributed by atoms with van der Waals surface area (Å²) in [5, 5.41) is 0. The van der Waals surface area contributed by atoms with Crippen LogP contribution in [0.3, 0.4) is 0 Å². The number of hydrogen-bond acceptors (Lipinski definition) is 0. The first-order valence-corrected chi connectivity index (χ1v) is 3.24. The molecule has 0 saturated heterocycles. The fourth-order valence-electron chi connectivity index (χ4n) is 0.887. The summed E-state index contributed by atoms with van der Waals surface area (Å²) in [6.45, 7) is 4.04. The molecule has 0 bridgehead atoms. The van der Waals surface area contributed by atoms with Gasteiger partial charge in [0, 0.05) is 5.56 Å². The van der Waals surface area contributed by atoms with Crippen molar-refractivity contribution in [3.05, 3.63) is 41.3 Å². The third-order valence-electron chi connectivity index (χ3n) is 1.74. The predicted octanol–water partition coefficient (Wildman–Crippen LogP) is 2.24. The second kappa shape index (κ2) is 2.58. The van der Waals surface area contributed by atoms with E-state index in [-0.39, 0.29) is 0 Å². The monoisotopic (exact) mass is 129 g/mol. The van der Waals surface area contributed by atoms with Gasteiger partial charge in [0.05, 0.1) is 0 Å². The largest absolute Gasteiger partial charge is 0.0607 e. The van der Waals surface area contributed by atoms with E-state index in [1.165, 1.54) is 5.56 Å². The molecule has 0 aliphatic carbocycles. The van der Waals surface area contributed by atoms with Crippen molar-refractivity contribution in [1.29, 1.82) is 0 Å². The Balaban J connectivity index is 3.31. The molecule has 1 rings (SSSR count). The number of hydrogen-bond donors (Lipinski definition) is 0. The van der Waals surface area contributed by atoms with E-state index in [0.717, 1.165) is 11.1 Å². The highest BCUT2D eigenvalue weighted by atomic mass is 14.0. The third-order valence-corrected chi connectivity index (χ3v) is 1.74. The number of rotatable bonds is 0. The van der Waals surface area contributed by atoms with Crippen LogP contribution < -0.4 is 0 Å². The molecule has 0 atom stereocenters. The summed E-state index contributed by atoms with van der Waals surface area (Å²) in [5.41, 5.74) is 3.26. The topological polar surface area (TPSA) is 0 Å². The van der Waals surface area contributed by atoms with Gasteiger partial charge in [-0.3, -0.25) is 0 Å². The maximum atomic E-state index is 6.93. The van der Waals surface area contributed by atoms with Crippen molar-refractivity contribution in [2.75, 3.05) is 0 Å². The zero-order valence-corrected chi connectivity index (χ0v) is 6.23. The van der Waals surface area contributed by atoms with Crippen molar-refractivity contribution < 1.29 is 0 Å². The van der Waals surface area contributed by atoms with Gasteiger partial charge in [0.25, 0.3) is 0 Å². The lowest BCUT2D eigenvalue weighted by atomic mass is 10.0. The molecule has 1 aromatic carbocycles. The van der Waals surface area contributed by atoms with E-state index in [1.54, 1.807) is 0 Å². The lowest BCUT2D eigenvalue weighted by Gasteiger charge is -1.99. The van der Waals surface area contributed by atoms with Gasteiger partial charge in [-0.1, -0.05) is 18.1 Å². The van der Waals surface area contributed by atoms with Gasteiger partial charge in [0.15, 0.2) is 0 Å². The third kappa shape index (κ3) is 1.04. The van der Waals surface area contributed by atoms with Crippen LogP contribution >= 0.6 is 0 Å². The number of benzene rings is 1. The second-order valence-corrected chi connectivity index (χ2v) is 2.37. The fourth-order valence-corrected chi connectivity index (χ4v) is 0.887. The van der Waals surface area contributed by atoms with E-state index in [9.17, 15) is 0 Å². The van der Waals surface area contributed by atoms with E-state index in [4.69, 9.17) is 6.42 Å². The molecule has 0 heteroatoms. The highest BCUT2D eigenvalue weighted by Crippen LogP contribution is 2.10. The lowest BCUT2D eigenvalue weighted by molar-refractivity contribution is 1.32. The van der Waals surface area contributed by atoms with Crippen LogP contribution in [0.1, 0.15) is 16.7 Å². The quantitative estimate of drug-likeness (QED) is 0.471. The molecule has 10 heavy (non-hydrogen) atoms. The molecular formula is C10H9. The molecule has 0 aliphatic rings. The minimum atomic E-state index is 0.889. The molecule has 0 saturated carbocycles. The van der Waals surface area contributed by atoms with Gasteiger partial charge in [0.2, 0.25) is 0 Å². The van der Waals surface area contributed by atoms with Gasteiger partial charge in [-0.2, -0.15) is 0 Å². The SMILES string of the molecule is [C]#Cc1cccc(C)c1C. The molecular weight excluding hydrogens is 120 g/mol. The van der Waals surface area contributed by atoms with Crippen molar-refractivity contribution in [2.24, 2.45) is 0 Å². The van der Waals surface area contributed by atoms with Crippen LogP contribution in [-0.4, -0.2) is 0 Å². The van der Waals surface area contributed by atoms with E-state index in [1.807, 2.05) is 32.0 Å². The Morgan fingerprint density at radius 1 is 1.30 bits per heavy atom. The number of aryl methyl sites for hydroxylation is 1. The molecule has 49 valence electrons.